The molecular weight excluding hydrogens is 234 g/mol. The van der Waals surface area contributed by atoms with Crippen LogP contribution >= 0.6 is 11.8 Å². The lowest BCUT2D eigenvalue weighted by atomic mass is 10.2. The highest BCUT2D eigenvalue weighted by atomic mass is 32.2. The van der Waals surface area contributed by atoms with Gasteiger partial charge in [-0.2, -0.15) is 0 Å². The Kier molecular flexibility index (Phi) is 2.74. The van der Waals surface area contributed by atoms with Crippen LogP contribution in [0, 0.1) is 0 Å². The van der Waals surface area contributed by atoms with Gasteiger partial charge < -0.3 is 9.64 Å². The predicted octanol–water partition coefficient (Wildman–Crippen LogP) is 2.43. The molecule has 0 aromatic heterocycles. The number of amides is 1. The normalized spacial score (nSPS) is 24.2. The maximum Gasteiger partial charge on any atom is 0.234 e. The Morgan fingerprint density at radius 3 is 2.59 bits per heavy atom. The van der Waals surface area contributed by atoms with Crippen LogP contribution in [0.1, 0.15) is 23.8 Å². The number of nitrogens with zero attached hydrogens (tertiary/aromatic N) is 1. The third-order valence-electron chi connectivity index (χ3n) is 3.25. The zero-order valence-corrected chi connectivity index (χ0v) is 10.6. The van der Waals surface area contributed by atoms with Crippen molar-refractivity contribution in [1.29, 1.82) is 0 Å². The van der Waals surface area contributed by atoms with Crippen molar-refractivity contribution in [3.63, 3.8) is 0 Å². The monoisotopic (exact) mass is 249 g/mol. The Balaban J connectivity index is 1.84. The summed E-state index contributed by atoms with van der Waals surface area (Å²) in [5, 5.41) is 0.209. The van der Waals surface area contributed by atoms with Gasteiger partial charge in [0.25, 0.3) is 0 Å². The van der Waals surface area contributed by atoms with Crippen molar-refractivity contribution >= 4 is 17.7 Å². The SMILES string of the molecule is COc1ccc([C@H]2SCC(=O)N2C2CC2)cc1. The number of methoxy groups -OCH3 is 1. The Hall–Kier alpha value is -1.16. The molecule has 1 atom stereocenters. The number of rotatable bonds is 3. The van der Waals surface area contributed by atoms with E-state index < -0.39 is 0 Å². The van der Waals surface area contributed by atoms with E-state index >= 15 is 0 Å². The fourth-order valence-electron chi connectivity index (χ4n) is 2.21. The van der Waals surface area contributed by atoms with Crippen molar-refractivity contribution < 1.29 is 9.53 Å². The zero-order chi connectivity index (χ0) is 11.8. The number of ether oxygens (including phenoxy) is 1. The van der Waals surface area contributed by atoms with Crippen LogP contribution in [-0.2, 0) is 4.79 Å². The molecule has 17 heavy (non-hydrogen) atoms. The molecule has 0 radical (unpaired) electrons. The van der Waals surface area contributed by atoms with Gasteiger partial charge in [-0.05, 0) is 30.5 Å². The molecule has 1 heterocycles. The third-order valence-corrected chi connectivity index (χ3v) is 4.48. The second-order valence-electron chi connectivity index (χ2n) is 4.47. The van der Waals surface area contributed by atoms with Gasteiger partial charge in [-0.1, -0.05) is 12.1 Å². The fraction of sp³-hybridized carbons (Fsp3) is 0.462. The van der Waals surface area contributed by atoms with Crippen LogP contribution in [-0.4, -0.2) is 29.7 Å². The molecule has 1 saturated heterocycles. The maximum atomic E-state index is 11.8. The molecule has 0 spiro atoms. The molecule has 4 heteroatoms. The van der Waals surface area contributed by atoms with Gasteiger partial charge >= 0.3 is 0 Å². The van der Waals surface area contributed by atoms with Crippen LogP contribution in [0.3, 0.4) is 0 Å². The van der Waals surface area contributed by atoms with Gasteiger partial charge in [0.05, 0.1) is 12.9 Å². The first kappa shape index (κ1) is 11.0. The van der Waals surface area contributed by atoms with Gasteiger partial charge in [-0.15, -0.1) is 11.8 Å². The zero-order valence-electron chi connectivity index (χ0n) is 9.76. The summed E-state index contributed by atoms with van der Waals surface area (Å²) in [6.45, 7) is 0. The van der Waals surface area contributed by atoms with E-state index in [1.165, 1.54) is 18.4 Å². The van der Waals surface area contributed by atoms with E-state index in [1.54, 1.807) is 18.9 Å². The molecule has 0 bridgehead atoms. The second kappa shape index (κ2) is 4.26. The highest BCUT2D eigenvalue weighted by molar-refractivity contribution is 8.00. The van der Waals surface area contributed by atoms with E-state index in [2.05, 4.69) is 17.0 Å². The summed E-state index contributed by atoms with van der Waals surface area (Å²) in [5.41, 5.74) is 1.20. The first-order valence-corrected chi connectivity index (χ1v) is 6.91. The van der Waals surface area contributed by atoms with E-state index in [-0.39, 0.29) is 5.37 Å². The molecule has 1 aromatic carbocycles. The first-order valence-electron chi connectivity index (χ1n) is 5.86. The average Bonchev–Trinajstić information content (AvgIpc) is 3.13. The van der Waals surface area contributed by atoms with E-state index in [9.17, 15) is 4.79 Å². The van der Waals surface area contributed by atoms with Crippen molar-refractivity contribution in [2.75, 3.05) is 12.9 Å². The van der Waals surface area contributed by atoms with E-state index in [0.717, 1.165) is 5.75 Å². The van der Waals surface area contributed by atoms with Crippen LogP contribution in [0.4, 0.5) is 0 Å². The Labute approximate surface area is 105 Å². The van der Waals surface area contributed by atoms with E-state index in [0.29, 0.717) is 17.7 Å². The van der Waals surface area contributed by atoms with E-state index in [4.69, 9.17) is 4.74 Å². The molecule has 3 nitrogen and oxygen atoms in total. The lowest BCUT2D eigenvalue weighted by Crippen LogP contribution is -2.30. The molecule has 0 unspecified atom stereocenters. The third kappa shape index (κ3) is 2.02. The first-order chi connectivity index (χ1) is 8.29. The topological polar surface area (TPSA) is 29.5 Å². The van der Waals surface area contributed by atoms with Gasteiger partial charge in [0.15, 0.2) is 0 Å². The molecule has 1 saturated carbocycles. The van der Waals surface area contributed by atoms with Crippen molar-refractivity contribution in [1.82, 2.24) is 4.90 Å². The predicted molar refractivity (Wildman–Crippen MR) is 68.1 cm³/mol. The van der Waals surface area contributed by atoms with Crippen LogP contribution in [0.15, 0.2) is 24.3 Å². The summed E-state index contributed by atoms with van der Waals surface area (Å²) in [4.78, 5) is 13.9. The maximum absolute atomic E-state index is 11.8. The minimum atomic E-state index is 0.209. The van der Waals surface area contributed by atoms with Gasteiger partial charge in [-0.3, -0.25) is 4.79 Å². The fourth-order valence-corrected chi connectivity index (χ4v) is 3.46. The summed E-state index contributed by atoms with van der Waals surface area (Å²) < 4.78 is 5.15. The number of carbonyl (C=O) groups is 1. The van der Waals surface area contributed by atoms with Crippen molar-refractivity contribution in [3.8, 4) is 5.75 Å². The Bertz CT molecular complexity index is 428. The van der Waals surface area contributed by atoms with Crippen LogP contribution in [0.25, 0.3) is 0 Å². The molecule has 90 valence electrons. The molecule has 1 aliphatic carbocycles. The molecule has 1 aromatic rings. The summed E-state index contributed by atoms with van der Waals surface area (Å²) in [5.74, 6) is 1.77. The highest BCUT2D eigenvalue weighted by Gasteiger charge is 2.42. The summed E-state index contributed by atoms with van der Waals surface area (Å²) in [7, 11) is 1.67. The number of hydrogen-bond donors (Lipinski definition) is 0. The molecule has 2 aliphatic rings. The van der Waals surface area contributed by atoms with Gasteiger partial charge in [0.2, 0.25) is 5.91 Å². The summed E-state index contributed by atoms with van der Waals surface area (Å²) in [6.07, 6.45) is 2.33. The molecule has 1 amide bonds. The Morgan fingerprint density at radius 1 is 1.29 bits per heavy atom. The summed E-state index contributed by atoms with van der Waals surface area (Å²) >= 11 is 1.73. The minimum absolute atomic E-state index is 0.209. The van der Waals surface area contributed by atoms with E-state index in [1.807, 2.05) is 12.1 Å². The quantitative estimate of drug-likeness (QED) is 0.824. The molecular formula is C13H15NO2S. The van der Waals surface area contributed by atoms with Crippen LogP contribution in [0.2, 0.25) is 0 Å². The van der Waals surface area contributed by atoms with Crippen LogP contribution in [0.5, 0.6) is 5.75 Å². The lowest BCUT2D eigenvalue weighted by Gasteiger charge is -2.24. The Morgan fingerprint density at radius 2 is 2.00 bits per heavy atom. The molecule has 3 rings (SSSR count). The largest absolute Gasteiger partial charge is 0.497 e. The van der Waals surface area contributed by atoms with Crippen molar-refractivity contribution in [2.24, 2.45) is 0 Å². The lowest BCUT2D eigenvalue weighted by molar-refractivity contribution is -0.128. The summed E-state index contributed by atoms with van der Waals surface area (Å²) in [6, 6.07) is 8.53. The number of hydrogen-bond acceptors (Lipinski definition) is 3. The minimum Gasteiger partial charge on any atom is -0.497 e. The second-order valence-corrected chi connectivity index (χ2v) is 5.54. The van der Waals surface area contributed by atoms with Gasteiger partial charge in [0, 0.05) is 6.04 Å². The van der Waals surface area contributed by atoms with Crippen molar-refractivity contribution in [2.45, 2.75) is 24.3 Å². The standard InChI is InChI=1S/C13H15NO2S/c1-16-11-6-2-9(3-7-11)13-14(10-4-5-10)12(15)8-17-13/h2-3,6-7,10,13H,4-5,8H2,1H3/t13-/m1/s1. The highest BCUT2D eigenvalue weighted by Crippen LogP contribution is 2.45. The number of carbonyl (C=O) groups excluding carboxylic acids is 1. The molecule has 2 fully saturated rings. The van der Waals surface area contributed by atoms with Gasteiger partial charge in [0.1, 0.15) is 11.1 Å². The van der Waals surface area contributed by atoms with Gasteiger partial charge in [-0.25, -0.2) is 0 Å². The van der Waals surface area contributed by atoms with Crippen molar-refractivity contribution in [3.05, 3.63) is 29.8 Å². The molecule has 1 aliphatic heterocycles. The smallest absolute Gasteiger partial charge is 0.234 e. The average molecular weight is 249 g/mol. The number of benzene rings is 1. The molecule has 0 N–H and O–H groups in total. The number of thioether (sulfide) groups is 1. The van der Waals surface area contributed by atoms with Crippen LogP contribution < -0.4 is 4.74 Å².